The van der Waals surface area contributed by atoms with E-state index in [0.29, 0.717) is 12.2 Å². The number of anilines is 1. The smallest absolute Gasteiger partial charge is 0.313 e. The maximum atomic E-state index is 11.8. The predicted octanol–water partition coefficient (Wildman–Crippen LogP) is 4.97. The summed E-state index contributed by atoms with van der Waals surface area (Å²) in [6, 6.07) is 7.42. The Morgan fingerprint density at radius 2 is 1.44 bits per heavy atom. The normalized spacial score (nSPS) is 10.5. The Bertz CT molecular complexity index is 514. The van der Waals surface area contributed by atoms with E-state index in [1.54, 1.807) is 6.07 Å². The second kappa shape index (κ2) is 13.5. The minimum absolute atomic E-state index is 0.558. The molecule has 0 aliphatic carbocycles. The summed E-state index contributed by atoms with van der Waals surface area (Å²) in [5.74, 6) is -1.16. The van der Waals surface area contributed by atoms with Gasteiger partial charge < -0.3 is 10.6 Å². The molecule has 0 aliphatic rings. The molecular formula is C21H34N2O2. The molecule has 1 rings (SSSR count). The van der Waals surface area contributed by atoms with Crippen molar-refractivity contribution >= 4 is 17.5 Å². The van der Waals surface area contributed by atoms with E-state index in [9.17, 15) is 9.59 Å². The fourth-order valence-electron chi connectivity index (χ4n) is 2.81. The van der Waals surface area contributed by atoms with Crippen molar-refractivity contribution in [1.29, 1.82) is 0 Å². The van der Waals surface area contributed by atoms with Crippen LogP contribution in [0.4, 0.5) is 5.69 Å². The number of benzene rings is 1. The highest BCUT2D eigenvalue weighted by Gasteiger charge is 2.12. The first kappa shape index (κ1) is 21.2. The molecule has 1 aromatic carbocycles. The lowest BCUT2D eigenvalue weighted by Crippen LogP contribution is -2.35. The summed E-state index contributed by atoms with van der Waals surface area (Å²) in [7, 11) is 0. The molecule has 4 nitrogen and oxygen atoms in total. The molecule has 140 valence electrons. The zero-order valence-corrected chi connectivity index (χ0v) is 15.9. The van der Waals surface area contributed by atoms with Gasteiger partial charge in [0.15, 0.2) is 0 Å². The van der Waals surface area contributed by atoms with Crippen LogP contribution in [0, 0.1) is 6.92 Å². The SMILES string of the molecule is CCCCCCCCCCCCNC(=O)C(=O)Nc1cccc(C)c1. The van der Waals surface area contributed by atoms with E-state index in [-0.39, 0.29) is 0 Å². The van der Waals surface area contributed by atoms with Gasteiger partial charge in [0.25, 0.3) is 0 Å². The van der Waals surface area contributed by atoms with E-state index in [1.165, 1.54) is 51.4 Å². The van der Waals surface area contributed by atoms with Crippen LogP contribution in [0.25, 0.3) is 0 Å². The zero-order chi connectivity index (χ0) is 18.3. The minimum Gasteiger partial charge on any atom is -0.348 e. The molecule has 0 spiro atoms. The molecule has 0 heterocycles. The first-order valence-electron chi connectivity index (χ1n) is 9.79. The lowest BCUT2D eigenvalue weighted by molar-refractivity contribution is -0.136. The van der Waals surface area contributed by atoms with Gasteiger partial charge in [0.2, 0.25) is 0 Å². The van der Waals surface area contributed by atoms with Crippen molar-refractivity contribution in [3.63, 3.8) is 0 Å². The number of aryl methyl sites for hydroxylation is 1. The predicted molar refractivity (Wildman–Crippen MR) is 105 cm³/mol. The van der Waals surface area contributed by atoms with Crippen molar-refractivity contribution in [1.82, 2.24) is 5.32 Å². The molecule has 0 fully saturated rings. The Morgan fingerprint density at radius 3 is 2.04 bits per heavy atom. The monoisotopic (exact) mass is 346 g/mol. The quantitative estimate of drug-likeness (QED) is 0.414. The number of hydrogen-bond acceptors (Lipinski definition) is 2. The van der Waals surface area contributed by atoms with Crippen LogP contribution in [0.15, 0.2) is 24.3 Å². The molecule has 0 saturated heterocycles. The summed E-state index contributed by atoms with van der Waals surface area (Å²) in [6.07, 6.45) is 12.6. The van der Waals surface area contributed by atoms with Gasteiger partial charge in [-0.15, -0.1) is 0 Å². The molecule has 0 radical (unpaired) electrons. The number of amides is 2. The third-order valence-electron chi connectivity index (χ3n) is 4.30. The molecule has 0 saturated carbocycles. The number of rotatable bonds is 12. The van der Waals surface area contributed by atoms with Gasteiger partial charge in [0.05, 0.1) is 0 Å². The molecule has 1 aromatic rings. The van der Waals surface area contributed by atoms with Gasteiger partial charge in [-0.2, -0.15) is 0 Å². The van der Waals surface area contributed by atoms with Crippen LogP contribution < -0.4 is 10.6 Å². The highest BCUT2D eigenvalue weighted by Crippen LogP contribution is 2.10. The summed E-state index contributed by atoms with van der Waals surface area (Å²) in [6.45, 7) is 4.75. The number of unbranched alkanes of at least 4 members (excludes halogenated alkanes) is 9. The molecular weight excluding hydrogens is 312 g/mol. The van der Waals surface area contributed by atoms with Crippen molar-refractivity contribution in [2.24, 2.45) is 0 Å². The summed E-state index contributed by atoms with van der Waals surface area (Å²) >= 11 is 0. The van der Waals surface area contributed by atoms with E-state index in [2.05, 4.69) is 17.6 Å². The Hall–Kier alpha value is -1.84. The van der Waals surface area contributed by atoms with Crippen molar-refractivity contribution in [3.8, 4) is 0 Å². The van der Waals surface area contributed by atoms with E-state index in [1.807, 2.05) is 25.1 Å². The first-order valence-corrected chi connectivity index (χ1v) is 9.79. The van der Waals surface area contributed by atoms with Gasteiger partial charge in [-0.05, 0) is 31.0 Å². The molecule has 0 aromatic heterocycles. The van der Waals surface area contributed by atoms with Crippen LogP contribution in [-0.4, -0.2) is 18.4 Å². The maximum Gasteiger partial charge on any atom is 0.313 e. The first-order chi connectivity index (χ1) is 12.1. The van der Waals surface area contributed by atoms with Gasteiger partial charge in [0.1, 0.15) is 0 Å². The van der Waals surface area contributed by atoms with Crippen LogP contribution in [0.1, 0.15) is 76.7 Å². The van der Waals surface area contributed by atoms with Crippen molar-refractivity contribution < 1.29 is 9.59 Å². The van der Waals surface area contributed by atoms with Crippen LogP contribution in [0.5, 0.6) is 0 Å². The third kappa shape index (κ3) is 10.6. The van der Waals surface area contributed by atoms with E-state index < -0.39 is 11.8 Å². The highest BCUT2D eigenvalue weighted by molar-refractivity contribution is 6.39. The van der Waals surface area contributed by atoms with Crippen molar-refractivity contribution in [3.05, 3.63) is 29.8 Å². The summed E-state index contributed by atoms with van der Waals surface area (Å²) < 4.78 is 0. The number of carbonyl (C=O) groups excluding carboxylic acids is 2. The molecule has 4 heteroatoms. The number of hydrogen-bond donors (Lipinski definition) is 2. The highest BCUT2D eigenvalue weighted by atomic mass is 16.2. The molecule has 0 bridgehead atoms. The lowest BCUT2D eigenvalue weighted by atomic mass is 10.1. The van der Waals surface area contributed by atoms with E-state index in [0.717, 1.165) is 18.4 Å². The van der Waals surface area contributed by atoms with Crippen LogP contribution in [-0.2, 0) is 9.59 Å². The average Bonchev–Trinajstić information content (AvgIpc) is 2.59. The topological polar surface area (TPSA) is 58.2 Å². The van der Waals surface area contributed by atoms with Gasteiger partial charge in [-0.3, -0.25) is 9.59 Å². The summed E-state index contributed by atoms with van der Waals surface area (Å²) in [5, 5.41) is 5.31. The molecule has 25 heavy (non-hydrogen) atoms. The van der Waals surface area contributed by atoms with E-state index >= 15 is 0 Å². The molecule has 2 amide bonds. The largest absolute Gasteiger partial charge is 0.348 e. The maximum absolute atomic E-state index is 11.8. The Labute approximate surface area is 152 Å². The van der Waals surface area contributed by atoms with Crippen molar-refractivity contribution in [2.45, 2.75) is 78.1 Å². The Morgan fingerprint density at radius 1 is 0.840 bits per heavy atom. The fraction of sp³-hybridized carbons (Fsp3) is 0.619. The Balaban J connectivity index is 2.00. The molecule has 0 unspecified atom stereocenters. The van der Waals surface area contributed by atoms with Crippen molar-refractivity contribution in [2.75, 3.05) is 11.9 Å². The van der Waals surface area contributed by atoms with Gasteiger partial charge >= 0.3 is 11.8 Å². The third-order valence-corrected chi connectivity index (χ3v) is 4.30. The average molecular weight is 347 g/mol. The number of carbonyl (C=O) groups is 2. The van der Waals surface area contributed by atoms with Gasteiger partial charge in [0, 0.05) is 12.2 Å². The van der Waals surface area contributed by atoms with Crippen LogP contribution in [0.2, 0.25) is 0 Å². The molecule has 2 N–H and O–H groups in total. The second-order valence-corrected chi connectivity index (χ2v) is 6.76. The summed E-state index contributed by atoms with van der Waals surface area (Å²) in [4.78, 5) is 23.6. The fourth-order valence-corrected chi connectivity index (χ4v) is 2.81. The second-order valence-electron chi connectivity index (χ2n) is 6.76. The summed E-state index contributed by atoms with van der Waals surface area (Å²) in [5.41, 5.74) is 1.70. The molecule has 0 atom stereocenters. The van der Waals surface area contributed by atoms with Gasteiger partial charge in [-0.1, -0.05) is 76.8 Å². The van der Waals surface area contributed by atoms with Gasteiger partial charge in [-0.25, -0.2) is 0 Å². The van der Waals surface area contributed by atoms with Crippen LogP contribution in [0.3, 0.4) is 0 Å². The van der Waals surface area contributed by atoms with Crippen LogP contribution >= 0.6 is 0 Å². The van der Waals surface area contributed by atoms with E-state index in [4.69, 9.17) is 0 Å². The zero-order valence-electron chi connectivity index (χ0n) is 15.9. The minimum atomic E-state index is -0.599. The Kier molecular flexibility index (Phi) is 11.4. The number of nitrogens with one attached hydrogen (secondary N) is 2. The molecule has 0 aliphatic heterocycles. The lowest BCUT2D eigenvalue weighted by Gasteiger charge is -2.07. The standard InChI is InChI=1S/C21H34N2O2/c1-3-4-5-6-7-8-9-10-11-12-16-22-20(24)21(25)23-19-15-13-14-18(2)17-19/h13-15,17H,3-12,16H2,1-2H3,(H,22,24)(H,23,25).